The van der Waals surface area contributed by atoms with Crippen molar-refractivity contribution in [3.63, 3.8) is 0 Å². The van der Waals surface area contributed by atoms with Crippen LogP contribution in [0.5, 0.6) is 0 Å². The Kier molecular flexibility index (Phi) is 6.34. The molecule has 158 valence electrons. The summed E-state index contributed by atoms with van der Waals surface area (Å²) < 4.78 is 38.9. The number of ether oxygens (including phenoxy) is 1. The number of H-pyrrole nitrogens is 1. The number of halogens is 2. The number of benzene rings is 1. The summed E-state index contributed by atoms with van der Waals surface area (Å²) in [5, 5.41) is 0. The van der Waals surface area contributed by atoms with Crippen LogP contribution in [-0.2, 0) is 17.8 Å². The highest BCUT2D eigenvalue weighted by Crippen LogP contribution is 2.24. The van der Waals surface area contributed by atoms with E-state index in [0.29, 0.717) is 22.6 Å². The number of amides is 1. The summed E-state index contributed by atoms with van der Waals surface area (Å²) in [7, 11) is 0. The Morgan fingerprint density at radius 3 is 2.40 bits per heavy atom. The van der Waals surface area contributed by atoms with Gasteiger partial charge in [-0.1, -0.05) is 6.07 Å². The lowest BCUT2D eigenvalue weighted by molar-refractivity contribution is 0.0519. The van der Waals surface area contributed by atoms with Gasteiger partial charge in [-0.3, -0.25) is 4.79 Å². The molecule has 8 heteroatoms. The Bertz CT molecular complexity index is 1040. The first-order chi connectivity index (χ1) is 14.3. The average molecular weight is 416 g/mol. The van der Waals surface area contributed by atoms with E-state index in [2.05, 4.69) is 4.98 Å². The fourth-order valence-electron chi connectivity index (χ4n) is 3.27. The van der Waals surface area contributed by atoms with Gasteiger partial charge in [0.15, 0.2) is 0 Å². The molecule has 0 fully saturated rings. The molecule has 3 rings (SSSR count). The number of rotatable bonds is 7. The molecule has 0 aliphatic rings. The lowest BCUT2D eigenvalue weighted by Crippen LogP contribution is -2.31. The molecular weight excluding hydrogens is 394 g/mol. The van der Waals surface area contributed by atoms with Crippen LogP contribution in [0.2, 0.25) is 0 Å². The molecule has 3 aromatic rings. The highest BCUT2D eigenvalue weighted by molar-refractivity contribution is 5.95. The van der Waals surface area contributed by atoms with E-state index in [1.807, 2.05) is 0 Å². The van der Waals surface area contributed by atoms with Crippen LogP contribution in [0.15, 0.2) is 41.0 Å². The minimum Gasteiger partial charge on any atom is -0.467 e. The first-order valence-corrected chi connectivity index (χ1v) is 9.44. The summed E-state index contributed by atoms with van der Waals surface area (Å²) in [6.07, 6.45) is 1.45. The Labute approximate surface area is 172 Å². The minimum atomic E-state index is -0.945. The maximum atomic E-state index is 14.3. The SMILES string of the molecule is CCOC(=O)c1[nH]c(C)c(CN(Cc2ccco2)C(=O)c2c(F)cccc2F)c1C. The van der Waals surface area contributed by atoms with Crippen molar-refractivity contribution < 1.29 is 27.5 Å². The number of nitrogens with zero attached hydrogens (tertiary/aromatic N) is 1. The van der Waals surface area contributed by atoms with E-state index >= 15 is 0 Å². The van der Waals surface area contributed by atoms with Gasteiger partial charge in [0.05, 0.1) is 19.4 Å². The lowest BCUT2D eigenvalue weighted by atomic mass is 10.1. The van der Waals surface area contributed by atoms with E-state index in [1.54, 1.807) is 32.9 Å². The monoisotopic (exact) mass is 416 g/mol. The topological polar surface area (TPSA) is 75.5 Å². The molecule has 0 saturated carbocycles. The molecule has 0 spiro atoms. The van der Waals surface area contributed by atoms with Gasteiger partial charge in [0, 0.05) is 12.2 Å². The molecule has 6 nitrogen and oxygen atoms in total. The van der Waals surface area contributed by atoms with Crippen LogP contribution in [0.3, 0.4) is 0 Å². The summed E-state index contributed by atoms with van der Waals surface area (Å²) in [5.74, 6) is -2.76. The Balaban J connectivity index is 1.98. The van der Waals surface area contributed by atoms with E-state index in [-0.39, 0.29) is 25.4 Å². The number of carbonyl (C=O) groups excluding carboxylic acids is 2. The first-order valence-electron chi connectivity index (χ1n) is 9.44. The second kappa shape index (κ2) is 8.94. The quantitative estimate of drug-likeness (QED) is 0.575. The summed E-state index contributed by atoms with van der Waals surface area (Å²) >= 11 is 0. The van der Waals surface area contributed by atoms with Crippen molar-refractivity contribution >= 4 is 11.9 Å². The molecule has 1 N–H and O–H groups in total. The standard InChI is InChI=1S/C22H22F2N2O4/c1-4-29-22(28)20-13(2)16(14(3)25-20)12-26(11-15-7-6-10-30-15)21(27)19-17(23)8-5-9-18(19)24/h5-10,25H,4,11-12H2,1-3H3. The molecule has 0 aliphatic carbocycles. The van der Waals surface area contributed by atoms with Gasteiger partial charge < -0.3 is 19.0 Å². The van der Waals surface area contributed by atoms with Crippen LogP contribution in [0, 0.1) is 25.5 Å². The molecule has 0 atom stereocenters. The molecule has 30 heavy (non-hydrogen) atoms. The average Bonchev–Trinajstić information content (AvgIpc) is 3.30. The number of hydrogen-bond acceptors (Lipinski definition) is 4. The van der Waals surface area contributed by atoms with Gasteiger partial charge in [0.1, 0.15) is 28.7 Å². The molecule has 0 bridgehead atoms. The van der Waals surface area contributed by atoms with Gasteiger partial charge >= 0.3 is 5.97 Å². The third kappa shape index (κ3) is 4.27. The molecule has 0 unspecified atom stereocenters. The lowest BCUT2D eigenvalue weighted by Gasteiger charge is -2.23. The number of carbonyl (C=O) groups is 2. The normalized spacial score (nSPS) is 10.8. The molecule has 0 radical (unpaired) electrons. The van der Waals surface area contributed by atoms with Crippen molar-refractivity contribution in [1.82, 2.24) is 9.88 Å². The largest absolute Gasteiger partial charge is 0.467 e. The van der Waals surface area contributed by atoms with Crippen LogP contribution in [0.25, 0.3) is 0 Å². The molecule has 0 aliphatic heterocycles. The number of hydrogen-bond donors (Lipinski definition) is 1. The van der Waals surface area contributed by atoms with Crippen molar-refractivity contribution in [2.45, 2.75) is 33.9 Å². The predicted octanol–water partition coefficient (Wildman–Crippen LogP) is 4.52. The third-order valence-corrected chi connectivity index (χ3v) is 4.81. The van der Waals surface area contributed by atoms with Gasteiger partial charge in [-0.15, -0.1) is 0 Å². The fourth-order valence-corrected chi connectivity index (χ4v) is 3.27. The number of furan rings is 1. The summed E-state index contributed by atoms with van der Waals surface area (Å²) in [6, 6.07) is 6.59. The zero-order chi connectivity index (χ0) is 21.8. The first kappa shape index (κ1) is 21.3. The van der Waals surface area contributed by atoms with Crippen LogP contribution < -0.4 is 0 Å². The molecule has 1 amide bonds. The van der Waals surface area contributed by atoms with Crippen molar-refractivity contribution in [3.05, 3.63) is 82.1 Å². The minimum absolute atomic E-state index is 0.00158. The third-order valence-electron chi connectivity index (χ3n) is 4.81. The highest BCUT2D eigenvalue weighted by Gasteiger charge is 2.27. The second-order valence-corrected chi connectivity index (χ2v) is 6.79. The van der Waals surface area contributed by atoms with Gasteiger partial charge in [-0.25, -0.2) is 13.6 Å². The Morgan fingerprint density at radius 1 is 1.10 bits per heavy atom. The maximum Gasteiger partial charge on any atom is 0.355 e. The fraction of sp³-hybridized carbons (Fsp3) is 0.273. The molecule has 2 aromatic heterocycles. The number of esters is 1. The zero-order valence-corrected chi connectivity index (χ0v) is 16.9. The van der Waals surface area contributed by atoms with Gasteiger partial charge in [0.25, 0.3) is 5.91 Å². The van der Waals surface area contributed by atoms with E-state index in [1.165, 1.54) is 17.2 Å². The molecule has 1 aromatic carbocycles. The maximum absolute atomic E-state index is 14.3. The number of nitrogens with one attached hydrogen (secondary N) is 1. The van der Waals surface area contributed by atoms with Crippen LogP contribution in [0.4, 0.5) is 8.78 Å². The Morgan fingerprint density at radius 2 is 1.80 bits per heavy atom. The van der Waals surface area contributed by atoms with Crippen molar-refractivity contribution in [2.24, 2.45) is 0 Å². The van der Waals surface area contributed by atoms with Crippen molar-refractivity contribution in [1.29, 1.82) is 0 Å². The van der Waals surface area contributed by atoms with E-state index in [9.17, 15) is 18.4 Å². The van der Waals surface area contributed by atoms with Gasteiger partial charge in [-0.05, 0) is 56.2 Å². The predicted molar refractivity (Wildman–Crippen MR) is 105 cm³/mol. The molecular formula is C22H22F2N2O4. The summed E-state index contributed by atoms with van der Waals surface area (Å²) in [5.41, 5.74) is 1.57. The van der Waals surface area contributed by atoms with Gasteiger partial charge in [0.2, 0.25) is 0 Å². The van der Waals surface area contributed by atoms with E-state index in [0.717, 1.165) is 12.1 Å². The Hall–Kier alpha value is -3.42. The van der Waals surface area contributed by atoms with Crippen LogP contribution in [0.1, 0.15) is 50.4 Å². The van der Waals surface area contributed by atoms with Crippen molar-refractivity contribution in [2.75, 3.05) is 6.61 Å². The smallest absolute Gasteiger partial charge is 0.355 e. The number of aromatic amines is 1. The van der Waals surface area contributed by atoms with Crippen molar-refractivity contribution in [3.8, 4) is 0 Å². The number of aromatic nitrogens is 1. The number of aryl methyl sites for hydroxylation is 1. The van der Waals surface area contributed by atoms with Gasteiger partial charge in [-0.2, -0.15) is 0 Å². The second-order valence-electron chi connectivity index (χ2n) is 6.79. The highest BCUT2D eigenvalue weighted by atomic mass is 19.1. The zero-order valence-electron chi connectivity index (χ0n) is 16.9. The van der Waals surface area contributed by atoms with E-state index < -0.39 is 29.1 Å². The van der Waals surface area contributed by atoms with Crippen LogP contribution in [-0.4, -0.2) is 28.4 Å². The molecule has 2 heterocycles. The summed E-state index contributed by atoms with van der Waals surface area (Å²) in [6.45, 7) is 5.42. The van der Waals surface area contributed by atoms with E-state index in [4.69, 9.17) is 9.15 Å². The summed E-state index contributed by atoms with van der Waals surface area (Å²) in [4.78, 5) is 29.5. The van der Waals surface area contributed by atoms with Crippen LogP contribution >= 0.6 is 0 Å². The molecule has 0 saturated heterocycles.